The van der Waals surface area contributed by atoms with E-state index in [1.807, 2.05) is 0 Å². The lowest BCUT2D eigenvalue weighted by atomic mass is 10.2. The molecule has 4 nitrogen and oxygen atoms in total. The van der Waals surface area contributed by atoms with Crippen molar-refractivity contribution in [2.45, 2.75) is 116 Å². The fourth-order valence-electron chi connectivity index (χ4n) is 9.09. The monoisotopic (exact) mass is 604 g/mol. The molecule has 0 aromatic heterocycles. The van der Waals surface area contributed by atoms with E-state index in [1.54, 1.807) is 0 Å². The van der Waals surface area contributed by atoms with Crippen LogP contribution in [0.15, 0.2) is 58.5 Å². The maximum Gasteiger partial charge on any atom is 0.172 e. The van der Waals surface area contributed by atoms with E-state index in [2.05, 4.69) is 156 Å². The molecule has 1 fully saturated rings. The Hall–Kier alpha value is -2.19. The Balaban J connectivity index is 2.33. The van der Waals surface area contributed by atoms with Crippen LogP contribution in [-0.2, 0) is 0 Å². The van der Waals surface area contributed by atoms with Gasteiger partial charge >= 0.3 is 0 Å². The number of aliphatic imine (C=N–C) groups is 2. The molecule has 1 saturated heterocycles. The van der Waals surface area contributed by atoms with Crippen molar-refractivity contribution in [1.29, 1.82) is 0 Å². The number of benzene rings is 2. The summed E-state index contributed by atoms with van der Waals surface area (Å²) in [5, 5.41) is 2.98. The number of rotatable bonds is 10. The third kappa shape index (κ3) is 5.95. The van der Waals surface area contributed by atoms with Gasteiger partial charge in [-0.15, -0.1) is 0 Å². The van der Waals surface area contributed by atoms with E-state index in [9.17, 15) is 0 Å². The number of nitrogens with zero attached hydrogens (tertiary/aromatic N) is 4. The number of piperazine rings is 1. The van der Waals surface area contributed by atoms with E-state index in [0.29, 0.717) is 33.2 Å². The molecule has 0 aliphatic carbocycles. The second kappa shape index (κ2) is 13.6. The molecule has 1 heterocycles. The van der Waals surface area contributed by atoms with Gasteiger partial charge in [0.05, 0.1) is 27.5 Å². The number of hydrogen-bond acceptors (Lipinski definition) is 2. The quantitative estimate of drug-likeness (QED) is 0.253. The van der Waals surface area contributed by atoms with Crippen LogP contribution in [0.1, 0.15) is 83.1 Å². The summed E-state index contributed by atoms with van der Waals surface area (Å²) in [6, 6.07) is 18.0. The van der Waals surface area contributed by atoms with Gasteiger partial charge in [-0.25, -0.2) is 9.98 Å². The fraction of sp³-hybridized carbons (Fsp3) is 0.611. The predicted octanol–water partition coefficient (Wildman–Crippen LogP) is 9.10. The highest BCUT2D eigenvalue weighted by Gasteiger charge is 2.47. The summed E-state index contributed by atoms with van der Waals surface area (Å²) < 4.78 is 0. The lowest BCUT2D eigenvalue weighted by Gasteiger charge is -2.44. The van der Waals surface area contributed by atoms with Gasteiger partial charge in [-0.1, -0.05) is 119 Å². The molecule has 0 unspecified atom stereocenters. The van der Waals surface area contributed by atoms with E-state index < -0.39 is 16.1 Å². The van der Waals surface area contributed by atoms with Crippen molar-refractivity contribution in [2.75, 3.05) is 27.2 Å². The summed E-state index contributed by atoms with van der Waals surface area (Å²) in [7, 11) is 0.541. The van der Waals surface area contributed by atoms with E-state index in [0.717, 1.165) is 36.1 Å². The molecule has 6 heteroatoms. The molecule has 2 aromatic carbocycles. The minimum absolute atomic E-state index is 0.617. The van der Waals surface area contributed by atoms with Gasteiger partial charge in [0.25, 0.3) is 0 Å². The zero-order chi connectivity index (χ0) is 31.6. The maximum absolute atomic E-state index is 5.55. The predicted molar refractivity (Wildman–Crippen MR) is 194 cm³/mol. The Morgan fingerprint density at radius 2 is 0.738 bits per heavy atom. The second-order valence-corrected chi connectivity index (χ2v) is 26.3. The van der Waals surface area contributed by atoms with Crippen molar-refractivity contribution in [3.05, 3.63) is 48.5 Å². The Morgan fingerprint density at radius 1 is 0.476 bits per heavy atom. The summed E-state index contributed by atoms with van der Waals surface area (Å²) in [5.74, 6) is 1.96. The SMILES string of the molecule is CC(C)[Si](c1ccccc1N=C1C(=Nc2ccccc2[Si](C(C)C)(C(C)C)C(C)C)N(C)CCN1C)(C(C)C)C(C)C. The van der Waals surface area contributed by atoms with E-state index in [1.165, 1.54) is 10.4 Å². The van der Waals surface area contributed by atoms with Crippen LogP contribution >= 0.6 is 0 Å². The van der Waals surface area contributed by atoms with E-state index in [4.69, 9.17) is 9.98 Å². The topological polar surface area (TPSA) is 31.2 Å². The summed E-state index contributed by atoms with van der Waals surface area (Å²) in [4.78, 5) is 15.7. The normalized spacial score (nSPS) is 17.4. The summed E-state index contributed by atoms with van der Waals surface area (Å²) in [6.45, 7) is 31.1. The molecule has 0 saturated carbocycles. The molecular weight excluding hydrogens is 545 g/mol. The fourth-order valence-corrected chi connectivity index (χ4v) is 22.8. The minimum Gasteiger partial charge on any atom is -0.355 e. The Morgan fingerprint density at radius 3 is 1.00 bits per heavy atom. The number of para-hydroxylation sites is 2. The molecule has 2 aromatic rings. The van der Waals surface area contributed by atoms with Crippen molar-refractivity contribution in [3.8, 4) is 0 Å². The van der Waals surface area contributed by atoms with Gasteiger partial charge in [0.2, 0.25) is 0 Å². The molecule has 0 spiro atoms. The molecule has 42 heavy (non-hydrogen) atoms. The first-order valence-electron chi connectivity index (χ1n) is 16.4. The first-order chi connectivity index (χ1) is 19.6. The molecule has 1 aliphatic heterocycles. The lowest BCUT2D eigenvalue weighted by molar-refractivity contribution is 0.386. The summed E-state index contributed by atoms with van der Waals surface area (Å²) in [5.41, 5.74) is 5.97. The molecule has 0 N–H and O–H groups in total. The molecule has 232 valence electrons. The molecule has 0 bridgehead atoms. The van der Waals surface area contributed by atoms with E-state index >= 15 is 0 Å². The van der Waals surface area contributed by atoms with Crippen molar-refractivity contribution in [3.63, 3.8) is 0 Å². The minimum atomic E-state index is -1.91. The third-order valence-corrected chi connectivity index (χ3v) is 24.8. The zero-order valence-corrected chi connectivity index (χ0v) is 31.3. The number of hydrogen-bond donors (Lipinski definition) is 0. The lowest BCUT2D eigenvalue weighted by Crippen LogP contribution is -2.56. The van der Waals surface area contributed by atoms with Gasteiger partial charge in [0.15, 0.2) is 11.7 Å². The van der Waals surface area contributed by atoms with Gasteiger partial charge in [-0.3, -0.25) is 0 Å². The van der Waals surface area contributed by atoms with Crippen molar-refractivity contribution >= 4 is 49.6 Å². The average molecular weight is 605 g/mol. The van der Waals surface area contributed by atoms with Crippen LogP contribution in [0, 0.1) is 0 Å². The largest absolute Gasteiger partial charge is 0.355 e. The van der Waals surface area contributed by atoms with Gasteiger partial charge in [-0.2, -0.15) is 0 Å². The van der Waals surface area contributed by atoms with Crippen LogP contribution < -0.4 is 10.4 Å². The third-order valence-electron chi connectivity index (χ3n) is 10.6. The van der Waals surface area contributed by atoms with Crippen LogP contribution in [0.2, 0.25) is 33.2 Å². The van der Waals surface area contributed by atoms with Gasteiger partial charge < -0.3 is 9.80 Å². The van der Waals surface area contributed by atoms with Crippen LogP contribution in [0.3, 0.4) is 0 Å². The highest BCUT2D eigenvalue weighted by atomic mass is 28.3. The second-order valence-electron chi connectivity index (χ2n) is 14.5. The number of amidine groups is 2. The Labute approximate surface area is 260 Å². The van der Waals surface area contributed by atoms with Crippen LogP contribution in [0.25, 0.3) is 0 Å². The first-order valence-corrected chi connectivity index (χ1v) is 20.9. The van der Waals surface area contributed by atoms with Gasteiger partial charge in [0.1, 0.15) is 0 Å². The molecular formula is C36H60N4Si2. The Bertz CT molecular complexity index is 1120. The molecule has 1 aliphatic rings. The van der Waals surface area contributed by atoms with Gasteiger partial charge in [-0.05, 0) is 55.8 Å². The maximum atomic E-state index is 5.55. The first kappa shape index (κ1) is 34.3. The average Bonchev–Trinajstić information content (AvgIpc) is 2.89. The van der Waals surface area contributed by atoms with Crippen LogP contribution in [-0.4, -0.2) is 64.8 Å². The van der Waals surface area contributed by atoms with Crippen molar-refractivity contribution in [1.82, 2.24) is 9.80 Å². The zero-order valence-electron chi connectivity index (χ0n) is 29.3. The standard InChI is InChI=1S/C36H60N4Si2/c1-25(2)41(26(3)4,27(5)6)33-21-17-15-19-31(33)37-35-36(40(14)24-23-39(35)13)38-32-20-16-18-22-34(32)42(28(7)8,29(9)10)30(11)12/h15-22,25-30H,23-24H2,1-14H3. The highest BCUT2D eigenvalue weighted by molar-refractivity contribution is 6.96. The van der Waals surface area contributed by atoms with E-state index in [-0.39, 0.29) is 0 Å². The molecule has 3 rings (SSSR count). The van der Waals surface area contributed by atoms with Crippen molar-refractivity contribution in [2.24, 2.45) is 9.98 Å². The molecule has 0 amide bonds. The summed E-state index contributed by atoms with van der Waals surface area (Å²) in [6.07, 6.45) is 0. The smallest absolute Gasteiger partial charge is 0.172 e. The van der Waals surface area contributed by atoms with Gasteiger partial charge in [0, 0.05) is 27.2 Å². The Kier molecular flexibility index (Phi) is 11.1. The number of likely N-dealkylation sites (N-methyl/N-ethyl adjacent to an activating group) is 2. The van der Waals surface area contributed by atoms with Crippen LogP contribution in [0.5, 0.6) is 0 Å². The molecule has 0 radical (unpaired) electrons. The molecule has 0 atom stereocenters. The van der Waals surface area contributed by atoms with Crippen LogP contribution in [0.4, 0.5) is 11.4 Å². The highest BCUT2D eigenvalue weighted by Crippen LogP contribution is 2.44. The summed E-state index contributed by atoms with van der Waals surface area (Å²) >= 11 is 0. The van der Waals surface area contributed by atoms with Crippen molar-refractivity contribution < 1.29 is 0 Å².